The molecule has 2 heterocycles. The predicted octanol–water partition coefficient (Wildman–Crippen LogP) is 3.19. The molecule has 0 amide bonds. The van der Waals surface area contributed by atoms with Crippen LogP contribution in [0.4, 0.5) is 0 Å². The van der Waals surface area contributed by atoms with Crippen LogP contribution in [0.3, 0.4) is 0 Å². The topological polar surface area (TPSA) is 66.7 Å². The van der Waals surface area contributed by atoms with Gasteiger partial charge in [-0.2, -0.15) is 4.57 Å². The normalized spacial score (nSPS) is 12.7. The summed E-state index contributed by atoms with van der Waals surface area (Å²) >= 11 is 5.52. The van der Waals surface area contributed by atoms with Crippen molar-refractivity contribution < 1.29 is 18.9 Å². The number of aliphatic hydroxyl groups is 1. The Labute approximate surface area is 169 Å². The molecule has 0 saturated heterocycles. The van der Waals surface area contributed by atoms with E-state index in [9.17, 15) is 9.90 Å². The van der Waals surface area contributed by atoms with E-state index in [0.29, 0.717) is 16.9 Å². The van der Waals surface area contributed by atoms with E-state index in [4.69, 9.17) is 17.0 Å². The van der Waals surface area contributed by atoms with Gasteiger partial charge in [0.15, 0.2) is 12.4 Å². The van der Waals surface area contributed by atoms with Crippen LogP contribution in [0.2, 0.25) is 0 Å². The van der Waals surface area contributed by atoms with Gasteiger partial charge >= 0.3 is 0 Å². The summed E-state index contributed by atoms with van der Waals surface area (Å²) in [5, 5.41) is 9.72. The number of Topliss-reactive ketones (excluding diaryl/α,β-unsaturated/α-hetero) is 1. The number of carbonyl (C=O) groups is 1. The molecule has 2 aromatic heterocycles. The molecule has 0 aliphatic heterocycles. The number of ketones is 1. The maximum absolute atomic E-state index is 13.3. The van der Waals surface area contributed by atoms with Crippen LogP contribution in [-0.2, 0) is 32.2 Å². The molecule has 3 aromatic rings. The Kier molecular flexibility index (Phi) is 6.68. The Morgan fingerprint density at radius 1 is 1.18 bits per heavy atom. The van der Waals surface area contributed by atoms with Gasteiger partial charge in [-0.05, 0) is 35.2 Å². The van der Waals surface area contributed by atoms with E-state index in [1.165, 1.54) is 0 Å². The van der Waals surface area contributed by atoms with Gasteiger partial charge < -0.3 is 27.1 Å². The van der Waals surface area contributed by atoms with E-state index >= 15 is 0 Å². The largest absolute Gasteiger partial charge is 0.758 e. The van der Waals surface area contributed by atoms with Gasteiger partial charge in [-0.15, -0.1) is 0 Å². The van der Waals surface area contributed by atoms with E-state index in [0.717, 1.165) is 12.0 Å². The van der Waals surface area contributed by atoms with Gasteiger partial charge in [0.05, 0.1) is 19.4 Å². The summed E-state index contributed by atoms with van der Waals surface area (Å²) in [5.41, 5.74) is 2.42. The van der Waals surface area contributed by atoms with Crippen LogP contribution in [0.1, 0.15) is 40.2 Å². The zero-order valence-electron chi connectivity index (χ0n) is 15.6. The monoisotopic (exact) mass is 394 g/mol. The van der Waals surface area contributed by atoms with Crippen molar-refractivity contribution in [3.05, 3.63) is 89.6 Å². The molecule has 28 heavy (non-hydrogen) atoms. The molecule has 0 spiro atoms. The number of aliphatic hydroxyl groups excluding tert-OH is 1. The molecule has 1 aromatic carbocycles. The molecule has 0 aliphatic carbocycles. The molecule has 0 aliphatic rings. The maximum atomic E-state index is 13.3. The lowest BCUT2D eigenvalue weighted by atomic mass is 10.0. The van der Waals surface area contributed by atoms with Crippen molar-refractivity contribution >= 4 is 23.5 Å². The summed E-state index contributed by atoms with van der Waals surface area (Å²) in [6, 6.07) is 13.9. The summed E-state index contributed by atoms with van der Waals surface area (Å²) in [6.07, 6.45) is 5.96. The third-order valence-corrected chi connectivity index (χ3v) is 4.82. The first-order valence-electron chi connectivity index (χ1n) is 9.09. The first-order chi connectivity index (χ1) is 13.6. The number of aromatic nitrogens is 1. The van der Waals surface area contributed by atoms with Crippen LogP contribution < -0.4 is 4.57 Å². The zero-order chi connectivity index (χ0) is 19.9. The minimum atomic E-state index is -0.774. The molecule has 1 atom stereocenters. The lowest BCUT2D eigenvalue weighted by Crippen LogP contribution is -2.48. The second-order valence-electron chi connectivity index (χ2n) is 6.37. The minimum absolute atomic E-state index is 0.122. The van der Waals surface area contributed by atoms with Crippen molar-refractivity contribution in [2.24, 2.45) is 4.99 Å². The standard InChI is InChI=1S/C22H22N2O3S/c1-2-16-7-9-18(10-8-16)21(26)20(24-11-3-5-17(14-24)15-25)22(28)23-13-19-6-4-12-27-19/h3-12,14,20,25H,2,13,15H2,1H3/t20-/m0/s1. The van der Waals surface area contributed by atoms with E-state index in [2.05, 4.69) is 11.9 Å². The lowest BCUT2D eigenvalue weighted by molar-refractivity contribution is -0.692. The number of pyridine rings is 1. The fourth-order valence-electron chi connectivity index (χ4n) is 2.88. The maximum Gasteiger partial charge on any atom is 0.237 e. The number of carbonyl (C=O) groups excluding carboxylic acids is 1. The number of rotatable bonds is 8. The first kappa shape index (κ1) is 19.9. The van der Waals surface area contributed by atoms with Crippen molar-refractivity contribution in [1.82, 2.24) is 0 Å². The summed E-state index contributed by atoms with van der Waals surface area (Å²) in [6.45, 7) is 2.21. The van der Waals surface area contributed by atoms with Gasteiger partial charge in [0.25, 0.3) is 0 Å². The summed E-state index contributed by atoms with van der Waals surface area (Å²) in [5.74, 6) is 0.533. The number of hydrogen-bond donors (Lipinski definition) is 1. The average molecular weight is 394 g/mol. The van der Waals surface area contributed by atoms with Gasteiger partial charge in [0, 0.05) is 17.2 Å². The molecule has 0 fully saturated rings. The number of benzene rings is 1. The van der Waals surface area contributed by atoms with E-state index in [-0.39, 0.29) is 24.0 Å². The molecule has 0 radical (unpaired) electrons. The fourth-order valence-corrected chi connectivity index (χ4v) is 3.17. The van der Waals surface area contributed by atoms with E-state index in [1.54, 1.807) is 41.4 Å². The third-order valence-electron chi connectivity index (χ3n) is 4.46. The molecule has 1 N–H and O–H groups in total. The third kappa shape index (κ3) is 4.71. The molecule has 5 nitrogen and oxygen atoms in total. The molecular weight excluding hydrogens is 372 g/mol. The Hall–Kier alpha value is -2.83. The lowest BCUT2D eigenvalue weighted by Gasteiger charge is -2.19. The van der Waals surface area contributed by atoms with Crippen molar-refractivity contribution in [3.8, 4) is 0 Å². The number of furan rings is 1. The highest BCUT2D eigenvalue weighted by atomic mass is 32.1. The minimum Gasteiger partial charge on any atom is -0.758 e. The Morgan fingerprint density at radius 2 is 1.96 bits per heavy atom. The number of aryl methyl sites for hydroxylation is 1. The second kappa shape index (κ2) is 9.39. The van der Waals surface area contributed by atoms with Gasteiger partial charge in [-0.1, -0.05) is 31.2 Å². The molecule has 0 unspecified atom stereocenters. The van der Waals surface area contributed by atoms with Crippen molar-refractivity contribution in [3.63, 3.8) is 0 Å². The molecule has 0 bridgehead atoms. The number of aliphatic imine (C=N–C) groups is 1. The van der Waals surface area contributed by atoms with Crippen molar-refractivity contribution in [1.29, 1.82) is 0 Å². The van der Waals surface area contributed by atoms with Crippen LogP contribution in [0, 0.1) is 0 Å². The van der Waals surface area contributed by atoms with Crippen LogP contribution in [-0.4, -0.2) is 15.9 Å². The second-order valence-corrected chi connectivity index (χ2v) is 6.79. The molecular formula is C22H22N2O3S. The van der Waals surface area contributed by atoms with E-state index in [1.807, 2.05) is 30.3 Å². The molecule has 6 heteroatoms. The zero-order valence-corrected chi connectivity index (χ0v) is 16.4. The van der Waals surface area contributed by atoms with Crippen LogP contribution >= 0.6 is 0 Å². The van der Waals surface area contributed by atoms with Crippen molar-refractivity contribution in [2.75, 3.05) is 0 Å². The summed E-state index contributed by atoms with van der Waals surface area (Å²) < 4.78 is 7.00. The number of nitrogens with zero attached hydrogens (tertiary/aromatic N) is 2. The van der Waals surface area contributed by atoms with Gasteiger partial charge in [0.1, 0.15) is 5.76 Å². The highest BCUT2D eigenvalue weighted by Gasteiger charge is 2.28. The SMILES string of the molecule is CCc1ccc(C(=O)[C@@H](C([S-])=NCc2ccco2)[n+]2cccc(CO)c2)cc1. The predicted molar refractivity (Wildman–Crippen MR) is 109 cm³/mol. The molecule has 144 valence electrons. The average Bonchev–Trinajstić information content (AvgIpc) is 3.26. The van der Waals surface area contributed by atoms with Crippen LogP contribution in [0.25, 0.3) is 0 Å². The van der Waals surface area contributed by atoms with Crippen LogP contribution in [0.15, 0.2) is 76.6 Å². The Morgan fingerprint density at radius 3 is 2.61 bits per heavy atom. The van der Waals surface area contributed by atoms with Crippen molar-refractivity contribution in [2.45, 2.75) is 32.5 Å². The molecule has 0 saturated carbocycles. The summed E-state index contributed by atoms with van der Waals surface area (Å²) in [7, 11) is 0. The smallest absolute Gasteiger partial charge is 0.237 e. The van der Waals surface area contributed by atoms with E-state index < -0.39 is 6.04 Å². The quantitative estimate of drug-likeness (QED) is 0.209. The first-order valence-corrected chi connectivity index (χ1v) is 9.50. The molecule has 3 rings (SSSR count). The summed E-state index contributed by atoms with van der Waals surface area (Å²) in [4.78, 5) is 17.7. The van der Waals surface area contributed by atoms with Gasteiger partial charge in [-0.3, -0.25) is 4.79 Å². The highest BCUT2D eigenvalue weighted by molar-refractivity contribution is 7.77. The van der Waals surface area contributed by atoms with Gasteiger partial charge in [-0.25, -0.2) is 0 Å². The Bertz CT molecular complexity index is 950. The Balaban J connectivity index is 1.97. The fraction of sp³-hybridized carbons (Fsp3) is 0.227. The van der Waals surface area contributed by atoms with Gasteiger partial charge in [0.2, 0.25) is 11.8 Å². The highest BCUT2D eigenvalue weighted by Crippen LogP contribution is 2.15. The number of hydrogen-bond acceptors (Lipinski definition) is 5. The van der Waals surface area contributed by atoms with Crippen LogP contribution in [0.5, 0.6) is 0 Å².